The van der Waals surface area contributed by atoms with Gasteiger partial charge in [0.2, 0.25) is 0 Å². The van der Waals surface area contributed by atoms with E-state index >= 15 is 0 Å². The number of pyridine rings is 1. The third-order valence-electron chi connectivity index (χ3n) is 2.60. The van der Waals surface area contributed by atoms with E-state index in [0.29, 0.717) is 5.56 Å². The summed E-state index contributed by atoms with van der Waals surface area (Å²) < 4.78 is 27.0. The molecule has 4 heteroatoms. The predicted octanol–water partition coefficient (Wildman–Crippen LogP) is 2.75. The van der Waals surface area contributed by atoms with Crippen molar-refractivity contribution in [2.24, 2.45) is 0 Å². The molecule has 0 radical (unpaired) electrons. The standard InChI is InChI=1S/C13H11F2NO/c1-8-4-5-10(12(15)11(8)14)13(17)9-3-2-6-16-7-9/h2-7,13,17H,1H3. The van der Waals surface area contributed by atoms with Crippen LogP contribution in [-0.4, -0.2) is 10.1 Å². The number of hydrogen-bond donors (Lipinski definition) is 1. The van der Waals surface area contributed by atoms with Gasteiger partial charge in [-0.2, -0.15) is 0 Å². The molecule has 0 bridgehead atoms. The third-order valence-corrected chi connectivity index (χ3v) is 2.60. The maximum atomic E-state index is 13.6. The Kier molecular flexibility index (Phi) is 3.15. The number of aliphatic hydroxyl groups excluding tert-OH is 1. The van der Waals surface area contributed by atoms with Crippen molar-refractivity contribution in [1.29, 1.82) is 0 Å². The van der Waals surface area contributed by atoms with Gasteiger partial charge < -0.3 is 5.11 Å². The van der Waals surface area contributed by atoms with Crippen LogP contribution in [0.2, 0.25) is 0 Å². The minimum Gasteiger partial charge on any atom is -0.383 e. The molecular weight excluding hydrogens is 224 g/mol. The average Bonchev–Trinajstić information content (AvgIpc) is 2.36. The van der Waals surface area contributed by atoms with Crippen LogP contribution in [0.1, 0.15) is 22.8 Å². The molecule has 0 saturated heterocycles. The van der Waals surface area contributed by atoms with E-state index in [0.717, 1.165) is 0 Å². The topological polar surface area (TPSA) is 33.1 Å². The van der Waals surface area contributed by atoms with Crippen molar-refractivity contribution in [3.63, 3.8) is 0 Å². The predicted molar refractivity (Wildman–Crippen MR) is 59.4 cm³/mol. The Balaban J connectivity index is 2.45. The van der Waals surface area contributed by atoms with E-state index < -0.39 is 17.7 Å². The Morgan fingerprint density at radius 3 is 2.59 bits per heavy atom. The van der Waals surface area contributed by atoms with Gasteiger partial charge in [0.1, 0.15) is 6.10 Å². The number of nitrogens with zero attached hydrogens (tertiary/aromatic N) is 1. The molecule has 0 fully saturated rings. The van der Waals surface area contributed by atoms with Gasteiger partial charge in [-0.05, 0) is 18.6 Å². The number of hydrogen-bond acceptors (Lipinski definition) is 2. The third kappa shape index (κ3) is 2.17. The first-order valence-corrected chi connectivity index (χ1v) is 5.13. The van der Waals surface area contributed by atoms with E-state index in [4.69, 9.17) is 0 Å². The molecule has 2 aromatic rings. The average molecular weight is 235 g/mol. The van der Waals surface area contributed by atoms with Gasteiger partial charge in [-0.25, -0.2) is 8.78 Å². The van der Waals surface area contributed by atoms with E-state index in [1.54, 1.807) is 18.3 Å². The molecule has 1 N–H and O–H groups in total. The zero-order chi connectivity index (χ0) is 12.4. The van der Waals surface area contributed by atoms with Gasteiger partial charge >= 0.3 is 0 Å². The first kappa shape index (κ1) is 11.7. The molecule has 1 aromatic carbocycles. The highest BCUT2D eigenvalue weighted by molar-refractivity contribution is 5.32. The van der Waals surface area contributed by atoms with Gasteiger partial charge in [0.05, 0.1) is 0 Å². The van der Waals surface area contributed by atoms with Crippen molar-refractivity contribution in [3.05, 3.63) is 65.0 Å². The van der Waals surface area contributed by atoms with E-state index in [9.17, 15) is 13.9 Å². The second-order valence-corrected chi connectivity index (χ2v) is 3.79. The molecule has 88 valence electrons. The van der Waals surface area contributed by atoms with Crippen LogP contribution in [0.3, 0.4) is 0 Å². The lowest BCUT2D eigenvalue weighted by Crippen LogP contribution is -2.05. The van der Waals surface area contributed by atoms with Crippen LogP contribution in [0.15, 0.2) is 36.7 Å². The van der Waals surface area contributed by atoms with Crippen LogP contribution in [0, 0.1) is 18.6 Å². The Hall–Kier alpha value is -1.81. The van der Waals surface area contributed by atoms with E-state index in [1.165, 1.54) is 25.3 Å². The summed E-state index contributed by atoms with van der Waals surface area (Å²) >= 11 is 0. The summed E-state index contributed by atoms with van der Waals surface area (Å²) in [5.74, 6) is -1.94. The molecule has 1 atom stereocenters. The van der Waals surface area contributed by atoms with Crippen LogP contribution < -0.4 is 0 Å². The lowest BCUT2D eigenvalue weighted by atomic mass is 10.0. The maximum absolute atomic E-state index is 13.6. The first-order chi connectivity index (χ1) is 8.11. The van der Waals surface area contributed by atoms with Crippen LogP contribution in [0.5, 0.6) is 0 Å². The molecule has 0 aliphatic heterocycles. The SMILES string of the molecule is Cc1ccc(C(O)c2cccnc2)c(F)c1F. The second-order valence-electron chi connectivity index (χ2n) is 3.79. The first-order valence-electron chi connectivity index (χ1n) is 5.13. The summed E-state index contributed by atoms with van der Waals surface area (Å²) in [6, 6.07) is 6.05. The lowest BCUT2D eigenvalue weighted by Gasteiger charge is -2.13. The summed E-state index contributed by atoms with van der Waals surface area (Å²) in [5.41, 5.74) is 0.556. The molecule has 0 saturated carbocycles. The Bertz CT molecular complexity index is 528. The van der Waals surface area contributed by atoms with Gasteiger partial charge in [0.25, 0.3) is 0 Å². The van der Waals surface area contributed by atoms with E-state index in [2.05, 4.69) is 4.98 Å². The van der Waals surface area contributed by atoms with Crippen molar-refractivity contribution in [2.45, 2.75) is 13.0 Å². The molecule has 0 spiro atoms. The summed E-state index contributed by atoms with van der Waals surface area (Å²) in [6.45, 7) is 1.47. The van der Waals surface area contributed by atoms with Crippen molar-refractivity contribution in [3.8, 4) is 0 Å². The quantitative estimate of drug-likeness (QED) is 0.868. The van der Waals surface area contributed by atoms with E-state index in [-0.39, 0.29) is 11.1 Å². The monoisotopic (exact) mass is 235 g/mol. The number of rotatable bonds is 2. The summed E-state index contributed by atoms with van der Waals surface area (Å²) in [6.07, 6.45) is 1.75. The molecule has 17 heavy (non-hydrogen) atoms. The molecular formula is C13H11F2NO. The number of aromatic nitrogens is 1. The fraction of sp³-hybridized carbons (Fsp3) is 0.154. The Morgan fingerprint density at radius 1 is 1.18 bits per heavy atom. The van der Waals surface area contributed by atoms with Crippen LogP contribution in [0.4, 0.5) is 8.78 Å². The second kappa shape index (κ2) is 4.59. The Morgan fingerprint density at radius 2 is 1.94 bits per heavy atom. The maximum Gasteiger partial charge on any atom is 0.165 e. The largest absolute Gasteiger partial charge is 0.383 e. The molecule has 1 unspecified atom stereocenters. The molecule has 0 amide bonds. The fourth-order valence-corrected chi connectivity index (χ4v) is 1.59. The van der Waals surface area contributed by atoms with Gasteiger partial charge in [-0.1, -0.05) is 18.2 Å². The number of halogens is 2. The highest BCUT2D eigenvalue weighted by Gasteiger charge is 2.18. The van der Waals surface area contributed by atoms with Crippen molar-refractivity contribution in [1.82, 2.24) is 4.98 Å². The Labute approximate surface area is 97.6 Å². The minimum atomic E-state index is -1.21. The molecule has 2 nitrogen and oxygen atoms in total. The van der Waals surface area contributed by atoms with E-state index in [1.807, 2.05) is 0 Å². The van der Waals surface area contributed by atoms with Crippen molar-refractivity contribution < 1.29 is 13.9 Å². The van der Waals surface area contributed by atoms with Crippen LogP contribution in [0.25, 0.3) is 0 Å². The van der Waals surface area contributed by atoms with Crippen molar-refractivity contribution >= 4 is 0 Å². The van der Waals surface area contributed by atoms with Crippen LogP contribution in [-0.2, 0) is 0 Å². The molecule has 0 aliphatic rings. The number of aryl methyl sites for hydroxylation is 1. The fourth-order valence-electron chi connectivity index (χ4n) is 1.59. The summed E-state index contributed by atoms with van der Waals surface area (Å²) in [5, 5.41) is 9.94. The zero-order valence-electron chi connectivity index (χ0n) is 9.19. The van der Waals surface area contributed by atoms with Gasteiger partial charge in [0.15, 0.2) is 11.6 Å². The normalized spacial score (nSPS) is 12.5. The lowest BCUT2D eigenvalue weighted by molar-refractivity contribution is 0.213. The summed E-state index contributed by atoms with van der Waals surface area (Å²) in [7, 11) is 0. The molecule has 2 rings (SSSR count). The molecule has 0 aliphatic carbocycles. The minimum absolute atomic E-state index is 0.0823. The highest BCUT2D eigenvalue weighted by atomic mass is 19.2. The smallest absolute Gasteiger partial charge is 0.165 e. The zero-order valence-corrected chi connectivity index (χ0v) is 9.19. The molecule has 1 heterocycles. The van der Waals surface area contributed by atoms with Gasteiger partial charge in [-0.15, -0.1) is 0 Å². The van der Waals surface area contributed by atoms with Crippen molar-refractivity contribution in [2.75, 3.05) is 0 Å². The molecule has 1 aromatic heterocycles. The van der Waals surface area contributed by atoms with Gasteiger partial charge in [-0.3, -0.25) is 4.98 Å². The van der Waals surface area contributed by atoms with Gasteiger partial charge in [0, 0.05) is 23.5 Å². The highest BCUT2D eigenvalue weighted by Crippen LogP contribution is 2.26. The summed E-state index contributed by atoms with van der Waals surface area (Å²) in [4.78, 5) is 3.82. The number of benzene rings is 1. The van der Waals surface area contributed by atoms with Crippen LogP contribution >= 0.6 is 0 Å². The number of aliphatic hydroxyl groups is 1.